The highest BCUT2D eigenvalue weighted by Gasteiger charge is 2.32. The lowest BCUT2D eigenvalue weighted by Gasteiger charge is -2.33. The highest BCUT2D eigenvalue weighted by molar-refractivity contribution is 7.92. The van der Waals surface area contributed by atoms with Crippen molar-refractivity contribution >= 4 is 27.5 Å². The first-order chi connectivity index (χ1) is 16.0. The largest absolute Gasteiger partial charge is 0.352 e. The summed E-state index contributed by atoms with van der Waals surface area (Å²) in [7, 11) is -3.74. The predicted molar refractivity (Wildman–Crippen MR) is 137 cm³/mol. The van der Waals surface area contributed by atoms with Gasteiger partial charge >= 0.3 is 0 Å². The van der Waals surface area contributed by atoms with Crippen LogP contribution in [0.15, 0.2) is 48.5 Å². The number of nitrogens with one attached hydrogen (secondary N) is 1. The normalized spacial score (nSPS) is 12.3. The summed E-state index contributed by atoms with van der Waals surface area (Å²) in [4.78, 5) is 28.1. The molecular weight excluding hydrogens is 450 g/mol. The molecule has 0 saturated carbocycles. The number of hydrogen-bond donors (Lipinski definition) is 1. The third-order valence-electron chi connectivity index (χ3n) is 5.82. The van der Waals surface area contributed by atoms with Crippen LogP contribution in [0.5, 0.6) is 0 Å². The molecule has 0 heterocycles. The standard InChI is InChI=1S/C26H37N3O4S/c1-7-23(26(31)27-19(2)3)28(17-16-22-13-9-8-10-14-22)25(30)18-29(34(6,32)33)24-15-11-12-20(4)21(24)5/h8-15,19,23H,7,16-18H2,1-6H3,(H,27,31)/t23-/m0/s1. The van der Waals surface area contributed by atoms with E-state index >= 15 is 0 Å². The molecule has 7 nitrogen and oxygen atoms in total. The van der Waals surface area contributed by atoms with Crippen molar-refractivity contribution in [1.29, 1.82) is 0 Å². The number of carbonyl (C=O) groups excluding carboxylic acids is 2. The fraction of sp³-hybridized carbons (Fsp3) is 0.462. The fourth-order valence-electron chi connectivity index (χ4n) is 3.88. The number of benzene rings is 2. The molecule has 0 fully saturated rings. The molecule has 0 saturated heterocycles. The van der Waals surface area contributed by atoms with Crippen molar-refractivity contribution in [2.24, 2.45) is 0 Å². The van der Waals surface area contributed by atoms with Gasteiger partial charge in [0, 0.05) is 12.6 Å². The Hall–Kier alpha value is -2.87. The lowest BCUT2D eigenvalue weighted by atomic mass is 10.1. The van der Waals surface area contributed by atoms with E-state index in [0.717, 1.165) is 27.3 Å². The van der Waals surface area contributed by atoms with E-state index in [9.17, 15) is 18.0 Å². The summed E-state index contributed by atoms with van der Waals surface area (Å²) < 4.78 is 26.6. The van der Waals surface area contributed by atoms with Crippen LogP contribution in [0.25, 0.3) is 0 Å². The zero-order valence-electron chi connectivity index (χ0n) is 21.0. The molecule has 8 heteroatoms. The Morgan fingerprint density at radius 2 is 1.65 bits per heavy atom. The van der Waals surface area contributed by atoms with Crippen molar-refractivity contribution in [2.45, 2.75) is 59.5 Å². The van der Waals surface area contributed by atoms with Crippen LogP contribution in [-0.4, -0.2) is 56.6 Å². The van der Waals surface area contributed by atoms with Gasteiger partial charge in [0.2, 0.25) is 21.8 Å². The van der Waals surface area contributed by atoms with Gasteiger partial charge in [-0.15, -0.1) is 0 Å². The maximum Gasteiger partial charge on any atom is 0.244 e. The van der Waals surface area contributed by atoms with Crippen molar-refractivity contribution in [1.82, 2.24) is 10.2 Å². The zero-order chi connectivity index (χ0) is 25.5. The number of rotatable bonds is 11. The van der Waals surface area contributed by atoms with Crippen LogP contribution in [0.1, 0.15) is 43.9 Å². The molecule has 1 N–H and O–H groups in total. The van der Waals surface area contributed by atoms with Crippen LogP contribution in [0.4, 0.5) is 5.69 Å². The van der Waals surface area contributed by atoms with Crippen molar-refractivity contribution in [2.75, 3.05) is 23.7 Å². The summed E-state index contributed by atoms with van der Waals surface area (Å²) in [5.41, 5.74) is 3.23. The topological polar surface area (TPSA) is 86.8 Å². The lowest BCUT2D eigenvalue weighted by molar-refractivity contribution is -0.139. The molecule has 0 radical (unpaired) electrons. The van der Waals surface area contributed by atoms with Crippen LogP contribution in [0.2, 0.25) is 0 Å². The van der Waals surface area contributed by atoms with E-state index in [2.05, 4.69) is 5.32 Å². The SMILES string of the molecule is CC[C@@H](C(=O)NC(C)C)N(CCc1ccccc1)C(=O)CN(c1cccc(C)c1C)S(C)(=O)=O. The van der Waals surface area contributed by atoms with E-state index < -0.39 is 22.0 Å². The van der Waals surface area contributed by atoms with Gasteiger partial charge in [-0.2, -0.15) is 0 Å². The Labute approximate surface area is 204 Å². The number of aryl methyl sites for hydroxylation is 1. The van der Waals surface area contributed by atoms with Gasteiger partial charge in [0.05, 0.1) is 11.9 Å². The van der Waals surface area contributed by atoms with E-state index in [4.69, 9.17) is 0 Å². The molecule has 2 amide bonds. The Bertz CT molecular complexity index is 1080. The van der Waals surface area contributed by atoms with E-state index in [-0.39, 0.29) is 18.5 Å². The van der Waals surface area contributed by atoms with Crippen LogP contribution < -0.4 is 9.62 Å². The third kappa shape index (κ3) is 7.32. The van der Waals surface area contributed by atoms with Crippen LogP contribution in [-0.2, 0) is 26.0 Å². The molecular formula is C26H37N3O4S. The zero-order valence-corrected chi connectivity index (χ0v) is 21.9. The van der Waals surface area contributed by atoms with E-state index in [0.29, 0.717) is 25.1 Å². The smallest absolute Gasteiger partial charge is 0.244 e. The molecule has 0 aliphatic rings. The molecule has 0 spiro atoms. The second-order valence-corrected chi connectivity index (χ2v) is 10.8. The van der Waals surface area contributed by atoms with Gasteiger partial charge in [0.15, 0.2) is 0 Å². The highest BCUT2D eigenvalue weighted by Crippen LogP contribution is 2.25. The van der Waals surface area contributed by atoms with E-state index in [1.54, 1.807) is 12.1 Å². The predicted octanol–water partition coefficient (Wildman–Crippen LogP) is 3.44. The first-order valence-electron chi connectivity index (χ1n) is 11.6. The molecule has 186 valence electrons. The van der Waals surface area contributed by atoms with Gasteiger partial charge < -0.3 is 10.2 Å². The minimum atomic E-state index is -3.74. The first-order valence-corrected chi connectivity index (χ1v) is 13.5. The fourth-order valence-corrected chi connectivity index (χ4v) is 4.78. The molecule has 0 bridgehead atoms. The summed E-state index contributed by atoms with van der Waals surface area (Å²) in [6, 6.07) is 14.3. The minimum Gasteiger partial charge on any atom is -0.352 e. The quantitative estimate of drug-likeness (QED) is 0.526. The third-order valence-corrected chi connectivity index (χ3v) is 6.95. The summed E-state index contributed by atoms with van der Waals surface area (Å²) in [6.45, 7) is 9.26. The maximum absolute atomic E-state index is 13.6. The van der Waals surface area contributed by atoms with Crippen molar-refractivity contribution < 1.29 is 18.0 Å². The van der Waals surface area contributed by atoms with Gasteiger partial charge in [-0.05, 0) is 63.3 Å². The maximum atomic E-state index is 13.6. The van der Waals surface area contributed by atoms with Crippen molar-refractivity contribution in [3.8, 4) is 0 Å². The number of sulfonamides is 1. The number of nitrogens with zero attached hydrogens (tertiary/aromatic N) is 2. The number of amides is 2. The summed E-state index contributed by atoms with van der Waals surface area (Å²) in [6.07, 6.45) is 2.07. The Morgan fingerprint density at radius 1 is 1.00 bits per heavy atom. The summed E-state index contributed by atoms with van der Waals surface area (Å²) >= 11 is 0. The van der Waals surface area contributed by atoms with E-state index in [1.807, 2.05) is 71.0 Å². The summed E-state index contributed by atoms with van der Waals surface area (Å²) in [5.74, 6) is -0.649. The first kappa shape index (κ1) is 27.4. The molecule has 2 aromatic rings. The number of anilines is 1. The van der Waals surface area contributed by atoms with E-state index in [1.165, 1.54) is 4.90 Å². The average Bonchev–Trinajstić information content (AvgIpc) is 2.76. The Morgan fingerprint density at radius 3 is 2.21 bits per heavy atom. The average molecular weight is 488 g/mol. The van der Waals surface area contributed by atoms with Gasteiger partial charge in [-0.1, -0.05) is 49.4 Å². The highest BCUT2D eigenvalue weighted by atomic mass is 32.2. The Balaban J connectivity index is 2.40. The minimum absolute atomic E-state index is 0.0740. The van der Waals surface area contributed by atoms with Gasteiger partial charge in [0.1, 0.15) is 12.6 Å². The van der Waals surface area contributed by atoms with Crippen LogP contribution in [0.3, 0.4) is 0 Å². The van der Waals surface area contributed by atoms with Gasteiger partial charge in [-0.25, -0.2) is 8.42 Å². The van der Waals surface area contributed by atoms with Crippen LogP contribution >= 0.6 is 0 Å². The number of hydrogen-bond acceptors (Lipinski definition) is 4. The molecule has 0 aliphatic heterocycles. The number of carbonyl (C=O) groups is 2. The van der Waals surface area contributed by atoms with Gasteiger partial charge in [0.25, 0.3) is 0 Å². The molecule has 34 heavy (non-hydrogen) atoms. The second-order valence-electron chi connectivity index (χ2n) is 8.90. The molecule has 0 aliphatic carbocycles. The molecule has 2 rings (SSSR count). The molecule has 0 aromatic heterocycles. The molecule has 2 aromatic carbocycles. The monoisotopic (exact) mass is 487 g/mol. The summed E-state index contributed by atoms with van der Waals surface area (Å²) in [5, 5.41) is 2.89. The Kier molecular flexibility index (Phi) is 9.67. The van der Waals surface area contributed by atoms with Crippen LogP contribution in [0, 0.1) is 13.8 Å². The molecule has 1 atom stereocenters. The van der Waals surface area contributed by atoms with Gasteiger partial charge in [-0.3, -0.25) is 13.9 Å². The lowest BCUT2D eigenvalue weighted by Crippen LogP contribution is -2.54. The molecule has 0 unspecified atom stereocenters. The second kappa shape index (κ2) is 12.0. The van der Waals surface area contributed by atoms with Crippen molar-refractivity contribution in [3.63, 3.8) is 0 Å². The van der Waals surface area contributed by atoms with Crippen molar-refractivity contribution in [3.05, 3.63) is 65.2 Å².